The first-order valence-electron chi connectivity index (χ1n) is 12.3. The van der Waals surface area contributed by atoms with Crippen molar-refractivity contribution in [3.8, 4) is 11.8 Å². The number of hydrogen-bond acceptors (Lipinski definition) is 5. The van der Waals surface area contributed by atoms with Crippen LogP contribution in [0.25, 0.3) is 0 Å². The predicted molar refractivity (Wildman–Crippen MR) is 133 cm³/mol. The molecule has 5 rings (SSSR count). The van der Waals surface area contributed by atoms with Crippen LogP contribution >= 0.6 is 0 Å². The highest BCUT2D eigenvalue weighted by Crippen LogP contribution is 2.42. The lowest BCUT2D eigenvalue weighted by atomic mass is 9.95. The van der Waals surface area contributed by atoms with Gasteiger partial charge in [0, 0.05) is 48.7 Å². The molecule has 0 unspecified atom stereocenters. The summed E-state index contributed by atoms with van der Waals surface area (Å²) >= 11 is 0. The van der Waals surface area contributed by atoms with Crippen molar-refractivity contribution in [3.05, 3.63) is 88.5 Å². The normalized spacial score (nSPS) is 17.7. The first-order chi connectivity index (χ1) is 17.8. The van der Waals surface area contributed by atoms with Gasteiger partial charge < -0.3 is 10.0 Å². The summed E-state index contributed by atoms with van der Waals surface area (Å²) in [7, 11) is 0. The first-order valence-corrected chi connectivity index (χ1v) is 12.3. The average Bonchev–Trinajstić information content (AvgIpc) is 3.73. The summed E-state index contributed by atoms with van der Waals surface area (Å²) < 4.78 is 41.0. The fraction of sp³-hybridized carbons (Fsp3) is 0.345. The molecule has 1 aromatic heterocycles. The lowest BCUT2D eigenvalue weighted by molar-refractivity contribution is -0.137. The largest absolute Gasteiger partial charge is 0.416 e. The van der Waals surface area contributed by atoms with E-state index in [1.807, 2.05) is 6.07 Å². The molecular weight excluding hydrogens is 479 g/mol. The van der Waals surface area contributed by atoms with Crippen LogP contribution in [-0.2, 0) is 12.6 Å². The Morgan fingerprint density at radius 2 is 1.84 bits per heavy atom. The first kappa shape index (κ1) is 25.0. The van der Waals surface area contributed by atoms with Crippen molar-refractivity contribution in [2.75, 3.05) is 18.0 Å². The molecule has 1 aliphatic carbocycles. The van der Waals surface area contributed by atoms with Crippen molar-refractivity contribution < 1.29 is 23.1 Å². The fourth-order valence-corrected chi connectivity index (χ4v) is 4.69. The number of rotatable bonds is 5. The molecule has 5 nitrogen and oxygen atoms in total. The van der Waals surface area contributed by atoms with Gasteiger partial charge in [-0.05, 0) is 67.0 Å². The summed E-state index contributed by atoms with van der Waals surface area (Å²) in [6.07, 6.45) is 2.79. The molecule has 0 amide bonds. The highest BCUT2D eigenvalue weighted by atomic mass is 19.4. The van der Waals surface area contributed by atoms with E-state index in [4.69, 9.17) is 0 Å². The number of alkyl halides is 3. The van der Waals surface area contributed by atoms with E-state index in [2.05, 4.69) is 21.8 Å². The van der Waals surface area contributed by atoms with E-state index in [0.717, 1.165) is 36.1 Å². The van der Waals surface area contributed by atoms with Gasteiger partial charge in [0.05, 0.1) is 17.2 Å². The van der Waals surface area contributed by atoms with Crippen LogP contribution in [0, 0.1) is 11.8 Å². The number of carbonyl (C=O) groups is 1. The Kier molecular flexibility index (Phi) is 6.98. The van der Waals surface area contributed by atoms with Gasteiger partial charge in [-0.15, -0.1) is 0 Å². The summed E-state index contributed by atoms with van der Waals surface area (Å²) in [5, 5.41) is 10.0. The number of halogens is 3. The van der Waals surface area contributed by atoms with Gasteiger partial charge >= 0.3 is 6.18 Å². The second-order valence-electron chi connectivity index (χ2n) is 9.68. The van der Waals surface area contributed by atoms with E-state index in [9.17, 15) is 23.1 Å². The Bertz CT molecular complexity index is 1360. The van der Waals surface area contributed by atoms with Gasteiger partial charge in [0.1, 0.15) is 6.33 Å². The van der Waals surface area contributed by atoms with Crippen LogP contribution in [-0.4, -0.2) is 40.1 Å². The third-order valence-corrected chi connectivity index (χ3v) is 6.73. The SMILES string of the molecule is O=C(Cc1cc(N2CCC[C@H](O)C2)cc(C(F)(F)F)c1)c1ccc(C2CC2)c(C#Cc2cncnc2)c1. The lowest BCUT2D eigenvalue weighted by Crippen LogP contribution is -2.38. The smallest absolute Gasteiger partial charge is 0.391 e. The second-order valence-corrected chi connectivity index (χ2v) is 9.68. The highest BCUT2D eigenvalue weighted by Gasteiger charge is 2.32. The number of Topliss-reactive ketones (excluding diaryl/α,β-unsaturated/α-hetero) is 1. The standard InChI is InChI=1S/C29H26F3N3O2/c30-29(31,32)24-10-20(11-25(14-24)35-9-1-2-26(36)17-35)12-28(37)23-7-8-27(21-5-6-21)22(13-23)4-3-19-15-33-18-34-16-19/h7-8,10-11,13-16,18,21,26,36H,1-2,5-6,9,12,17H2/t26-/m0/s1. The van der Waals surface area contributed by atoms with Crippen molar-refractivity contribution in [3.63, 3.8) is 0 Å². The monoisotopic (exact) mass is 505 g/mol. The molecule has 2 aliphatic rings. The Hall–Kier alpha value is -3.70. The van der Waals surface area contributed by atoms with Gasteiger partial charge in [0.15, 0.2) is 5.78 Å². The number of hydrogen-bond donors (Lipinski definition) is 1. The zero-order chi connectivity index (χ0) is 26.0. The Morgan fingerprint density at radius 1 is 1.05 bits per heavy atom. The topological polar surface area (TPSA) is 66.3 Å². The van der Waals surface area contributed by atoms with Crippen LogP contribution in [0.15, 0.2) is 55.1 Å². The summed E-state index contributed by atoms with van der Waals surface area (Å²) in [5.41, 5.74) is 2.74. The molecule has 190 valence electrons. The van der Waals surface area contributed by atoms with Crippen molar-refractivity contribution >= 4 is 11.5 Å². The van der Waals surface area contributed by atoms with Gasteiger partial charge in [0.25, 0.3) is 0 Å². The van der Waals surface area contributed by atoms with E-state index in [1.54, 1.807) is 35.5 Å². The Labute approximate surface area is 213 Å². The maximum atomic E-state index is 13.7. The zero-order valence-corrected chi connectivity index (χ0v) is 20.1. The Balaban J connectivity index is 1.43. The molecule has 3 aromatic rings. The predicted octanol–water partition coefficient (Wildman–Crippen LogP) is 5.16. The van der Waals surface area contributed by atoms with E-state index < -0.39 is 17.8 Å². The van der Waals surface area contributed by atoms with Crippen LogP contribution in [0.2, 0.25) is 0 Å². The maximum absolute atomic E-state index is 13.7. The molecular formula is C29H26F3N3O2. The number of benzene rings is 2. The van der Waals surface area contributed by atoms with E-state index in [0.29, 0.717) is 42.1 Å². The molecule has 37 heavy (non-hydrogen) atoms. The maximum Gasteiger partial charge on any atom is 0.416 e. The van der Waals surface area contributed by atoms with Crippen molar-refractivity contribution in [1.29, 1.82) is 0 Å². The molecule has 1 aliphatic heterocycles. The summed E-state index contributed by atoms with van der Waals surface area (Å²) in [5.74, 6) is 6.30. The summed E-state index contributed by atoms with van der Waals surface area (Å²) in [4.78, 5) is 22.9. The number of aromatic nitrogens is 2. The van der Waals surface area contributed by atoms with E-state index >= 15 is 0 Å². The van der Waals surface area contributed by atoms with Gasteiger partial charge in [-0.25, -0.2) is 9.97 Å². The molecule has 2 fully saturated rings. The number of nitrogens with zero attached hydrogens (tertiary/aromatic N) is 3. The quantitative estimate of drug-likeness (QED) is 0.383. The number of carbonyl (C=O) groups excluding carboxylic acids is 1. The molecule has 1 atom stereocenters. The molecule has 8 heteroatoms. The number of piperidine rings is 1. The fourth-order valence-electron chi connectivity index (χ4n) is 4.69. The number of aliphatic hydroxyl groups is 1. The Morgan fingerprint density at radius 3 is 2.54 bits per heavy atom. The van der Waals surface area contributed by atoms with Crippen molar-refractivity contribution in [2.45, 2.75) is 50.3 Å². The third kappa shape index (κ3) is 6.17. The molecule has 0 radical (unpaired) electrons. The number of aliphatic hydroxyl groups excluding tert-OH is 1. The zero-order valence-electron chi connectivity index (χ0n) is 20.1. The minimum absolute atomic E-state index is 0.171. The van der Waals surface area contributed by atoms with Gasteiger partial charge in [0.2, 0.25) is 0 Å². The van der Waals surface area contributed by atoms with Crippen molar-refractivity contribution in [2.24, 2.45) is 0 Å². The molecule has 1 N–H and O–H groups in total. The minimum Gasteiger partial charge on any atom is -0.391 e. The molecule has 0 spiro atoms. The number of β-amino-alcohol motifs (C(OH)–C–C–N with tert-alkyl or cyclic N) is 1. The lowest BCUT2D eigenvalue weighted by Gasteiger charge is -2.32. The van der Waals surface area contributed by atoms with Crippen LogP contribution in [0.3, 0.4) is 0 Å². The van der Waals surface area contributed by atoms with Crippen LogP contribution in [0.1, 0.15) is 69.8 Å². The van der Waals surface area contributed by atoms with Crippen LogP contribution in [0.4, 0.5) is 18.9 Å². The second kappa shape index (κ2) is 10.3. The molecule has 2 heterocycles. The van der Waals surface area contributed by atoms with Gasteiger partial charge in [-0.2, -0.15) is 13.2 Å². The average molecular weight is 506 g/mol. The highest BCUT2D eigenvalue weighted by molar-refractivity contribution is 5.98. The van der Waals surface area contributed by atoms with Crippen molar-refractivity contribution in [1.82, 2.24) is 9.97 Å². The molecule has 1 saturated heterocycles. The van der Waals surface area contributed by atoms with E-state index in [1.165, 1.54) is 6.33 Å². The number of ketones is 1. The van der Waals surface area contributed by atoms with E-state index in [-0.39, 0.29) is 24.3 Å². The summed E-state index contributed by atoms with van der Waals surface area (Å²) in [6.45, 7) is 0.828. The molecule has 1 saturated carbocycles. The van der Waals surface area contributed by atoms with Gasteiger partial charge in [-0.3, -0.25) is 4.79 Å². The third-order valence-electron chi connectivity index (χ3n) is 6.73. The molecule has 0 bridgehead atoms. The van der Waals surface area contributed by atoms with Crippen LogP contribution in [0.5, 0.6) is 0 Å². The number of anilines is 1. The van der Waals surface area contributed by atoms with Gasteiger partial charge in [-0.1, -0.05) is 24.0 Å². The van der Waals surface area contributed by atoms with Crippen LogP contribution < -0.4 is 4.90 Å². The minimum atomic E-state index is -4.54. The molecule has 2 aromatic carbocycles. The summed E-state index contributed by atoms with van der Waals surface area (Å²) in [6, 6.07) is 9.14.